The van der Waals surface area contributed by atoms with E-state index in [0.29, 0.717) is 0 Å². The Morgan fingerprint density at radius 1 is 0.958 bits per heavy atom. The van der Waals surface area contributed by atoms with Gasteiger partial charge in [-0.3, -0.25) is 4.90 Å². The van der Waals surface area contributed by atoms with E-state index >= 15 is 0 Å². The third-order valence-electron chi connectivity index (χ3n) is 4.70. The third kappa shape index (κ3) is 4.44. The Morgan fingerprint density at radius 2 is 1.58 bits per heavy atom. The summed E-state index contributed by atoms with van der Waals surface area (Å²) in [5.74, 6) is 0. The second-order valence-electron chi connectivity index (χ2n) is 6.47. The minimum atomic E-state index is -0.0177. The summed E-state index contributed by atoms with van der Waals surface area (Å²) in [5.41, 5.74) is 8.14. The molecular formula is C21H28N2O. The molecule has 24 heavy (non-hydrogen) atoms. The third-order valence-corrected chi connectivity index (χ3v) is 4.70. The Kier molecular flexibility index (Phi) is 6.41. The van der Waals surface area contributed by atoms with Crippen molar-refractivity contribution in [2.45, 2.75) is 38.0 Å². The Balaban J connectivity index is 1.80. The number of hydrogen-bond acceptors (Lipinski definition) is 3. The van der Waals surface area contributed by atoms with E-state index in [1.165, 1.54) is 24.0 Å². The van der Waals surface area contributed by atoms with Gasteiger partial charge in [-0.15, -0.1) is 0 Å². The van der Waals surface area contributed by atoms with Gasteiger partial charge >= 0.3 is 0 Å². The minimum absolute atomic E-state index is 0.0177. The van der Waals surface area contributed by atoms with E-state index in [-0.39, 0.29) is 12.3 Å². The zero-order valence-corrected chi connectivity index (χ0v) is 14.3. The van der Waals surface area contributed by atoms with Crippen LogP contribution < -0.4 is 5.73 Å². The molecule has 1 aliphatic rings. The normalized spacial score (nSPS) is 18.8. The van der Waals surface area contributed by atoms with E-state index in [2.05, 4.69) is 65.6 Å². The van der Waals surface area contributed by atoms with Crippen LogP contribution in [0.4, 0.5) is 0 Å². The van der Waals surface area contributed by atoms with Crippen LogP contribution in [0.15, 0.2) is 60.7 Å². The van der Waals surface area contributed by atoms with Crippen molar-refractivity contribution in [2.24, 2.45) is 5.73 Å². The number of nitrogens with two attached hydrogens (primary N) is 1. The van der Waals surface area contributed by atoms with Crippen LogP contribution in [0.3, 0.4) is 0 Å². The van der Waals surface area contributed by atoms with E-state index in [0.717, 1.165) is 32.5 Å². The molecule has 0 bridgehead atoms. The molecule has 0 spiro atoms. The van der Waals surface area contributed by atoms with Crippen molar-refractivity contribution in [3.63, 3.8) is 0 Å². The molecule has 2 N–H and O–H groups in total. The van der Waals surface area contributed by atoms with Gasteiger partial charge in [0, 0.05) is 13.1 Å². The summed E-state index contributed by atoms with van der Waals surface area (Å²) >= 11 is 0. The molecule has 3 nitrogen and oxygen atoms in total. The first-order valence-electron chi connectivity index (χ1n) is 9.08. The first kappa shape index (κ1) is 17.2. The van der Waals surface area contributed by atoms with Gasteiger partial charge < -0.3 is 10.5 Å². The van der Waals surface area contributed by atoms with Crippen LogP contribution in [0.5, 0.6) is 0 Å². The lowest BCUT2D eigenvalue weighted by Crippen LogP contribution is -2.43. The van der Waals surface area contributed by atoms with Crippen molar-refractivity contribution in [3.05, 3.63) is 71.8 Å². The van der Waals surface area contributed by atoms with E-state index in [4.69, 9.17) is 10.5 Å². The van der Waals surface area contributed by atoms with E-state index < -0.39 is 0 Å². The second kappa shape index (κ2) is 8.97. The fourth-order valence-electron chi connectivity index (χ4n) is 3.43. The number of benzene rings is 2. The molecule has 2 aromatic rings. The largest absolute Gasteiger partial charge is 0.350 e. The van der Waals surface area contributed by atoms with E-state index in [1.807, 2.05) is 0 Å². The molecule has 2 aromatic carbocycles. The molecular weight excluding hydrogens is 296 g/mol. The lowest BCUT2D eigenvalue weighted by Gasteiger charge is -2.37. The van der Waals surface area contributed by atoms with Crippen LogP contribution in [0.1, 0.15) is 42.9 Å². The van der Waals surface area contributed by atoms with Crippen molar-refractivity contribution in [1.82, 2.24) is 4.90 Å². The number of piperidine rings is 1. The highest BCUT2D eigenvalue weighted by molar-refractivity contribution is 5.30. The Labute approximate surface area is 145 Å². The van der Waals surface area contributed by atoms with E-state index in [9.17, 15) is 0 Å². The van der Waals surface area contributed by atoms with Gasteiger partial charge in [0.05, 0.1) is 0 Å². The molecule has 1 atom stereocenters. The molecule has 128 valence electrons. The van der Waals surface area contributed by atoms with Crippen LogP contribution in [0.25, 0.3) is 0 Å². The summed E-state index contributed by atoms with van der Waals surface area (Å²) in [5, 5.41) is 0. The fraction of sp³-hybridized carbons (Fsp3) is 0.429. The van der Waals surface area contributed by atoms with Gasteiger partial charge in [-0.25, -0.2) is 0 Å². The van der Waals surface area contributed by atoms with Crippen LogP contribution >= 0.6 is 0 Å². The second-order valence-corrected chi connectivity index (χ2v) is 6.47. The number of nitrogens with zero attached hydrogens (tertiary/aromatic N) is 1. The van der Waals surface area contributed by atoms with Crippen molar-refractivity contribution in [1.29, 1.82) is 0 Å². The average Bonchev–Trinajstić information content (AvgIpc) is 2.66. The first-order chi connectivity index (χ1) is 11.9. The predicted octanol–water partition coefficient (Wildman–Crippen LogP) is 3.95. The molecule has 1 aliphatic heterocycles. The van der Waals surface area contributed by atoms with Crippen molar-refractivity contribution in [3.8, 4) is 0 Å². The van der Waals surface area contributed by atoms with Crippen LogP contribution in [0, 0.1) is 0 Å². The first-order valence-corrected chi connectivity index (χ1v) is 9.08. The SMILES string of the molecule is NCCCN1CCCCC1OC(c1ccccc1)c1ccccc1. The maximum Gasteiger partial charge on any atom is 0.111 e. The standard InChI is InChI=1S/C21H28N2O/c22-15-9-17-23-16-8-7-14-20(23)24-21(18-10-3-1-4-11-18)19-12-5-2-6-13-19/h1-6,10-13,20-21H,7-9,14-17,22H2. The smallest absolute Gasteiger partial charge is 0.111 e. The number of rotatable bonds is 7. The van der Waals surface area contributed by atoms with Crippen LogP contribution in [-0.2, 0) is 4.74 Å². The zero-order chi connectivity index (χ0) is 16.6. The molecule has 3 heteroatoms. The van der Waals surface area contributed by atoms with Gasteiger partial charge in [0.2, 0.25) is 0 Å². The van der Waals surface area contributed by atoms with Crippen LogP contribution in [-0.4, -0.2) is 30.8 Å². The minimum Gasteiger partial charge on any atom is -0.350 e. The van der Waals surface area contributed by atoms with Gasteiger partial charge in [0.1, 0.15) is 12.3 Å². The highest BCUT2D eigenvalue weighted by atomic mass is 16.5. The summed E-state index contributed by atoms with van der Waals surface area (Å²) in [4.78, 5) is 2.47. The summed E-state index contributed by atoms with van der Waals surface area (Å²) in [6.07, 6.45) is 4.78. The lowest BCUT2D eigenvalue weighted by atomic mass is 10.0. The maximum atomic E-state index is 6.66. The van der Waals surface area contributed by atoms with Gasteiger partial charge in [-0.2, -0.15) is 0 Å². The molecule has 1 unspecified atom stereocenters. The molecule has 0 aromatic heterocycles. The summed E-state index contributed by atoms with van der Waals surface area (Å²) in [6, 6.07) is 21.1. The Morgan fingerprint density at radius 3 is 2.17 bits per heavy atom. The number of likely N-dealkylation sites (tertiary alicyclic amines) is 1. The number of hydrogen-bond donors (Lipinski definition) is 1. The quantitative estimate of drug-likeness (QED) is 0.838. The Bertz CT molecular complexity index is 548. The molecule has 0 radical (unpaired) electrons. The molecule has 1 saturated heterocycles. The van der Waals surface area contributed by atoms with Crippen molar-refractivity contribution in [2.75, 3.05) is 19.6 Å². The van der Waals surface area contributed by atoms with E-state index in [1.54, 1.807) is 0 Å². The zero-order valence-electron chi connectivity index (χ0n) is 14.3. The average molecular weight is 324 g/mol. The van der Waals surface area contributed by atoms with Gasteiger partial charge in [-0.1, -0.05) is 60.7 Å². The van der Waals surface area contributed by atoms with Gasteiger partial charge in [0.15, 0.2) is 0 Å². The highest BCUT2D eigenvalue weighted by Crippen LogP contribution is 2.30. The number of ether oxygens (including phenoxy) is 1. The maximum absolute atomic E-state index is 6.66. The summed E-state index contributed by atoms with van der Waals surface area (Å²) in [6.45, 7) is 2.88. The highest BCUT2D eigenvalue weighted by Gasteiger charge is 2.27. The van der Waals surface area contributed by atoms with Gasteiger partial charge in [-0.05, 0) is 43.4 Å². The fourth-order valence-corrected chi connectivity index (χ4v) is 3.43. The molecule has 0 saturated carbocycles. The molecule has 1 heterocycles. The molecule has 3 rings (SSSR count). The molecule has 1 fully saturated rings. The Hall–Kier alpha value is -1.68. The molecule has 0 aliphatic carbocycles. The topological polar surface area (TPSA) is 38.5 Å². The van der Waals surface area contributed by atoms with Crippen molar-refractivity contribution >= 4 is 0 Å². The molecule has 0 amide bonds. The van der Waals surface area contributed by atoms with Gasteiger partial charge in [0.25, 0.3) is 0 Å². The monoisotopic (exact) mass is 324 g/mol. The summed E-state index contributed by atoms with van der Waals surface area (Å²) in [7, 11) is 0. The summed E-state index contributed by atoms with van der Waals surface area (Å²) < 4.78 is 6.66. The lowest BCUT2D eigenvalue weighted by molar-refractivity contribution is -0.106. The van der Waals surface area contributed by atoms with Crippen LogP contribution in [0.2, 0.25) is 0 Å². The predicted molar refractivity (Wildman–Crippen MR) is 98.7 cm³/mol. The van der Waals surface area contributed by atoms with Crippen molar-refractivity contribution < 1.29 is 4.74 Å².